The van der Waals surface area contributed by atoms with E-state index in [1.54, 1.807) is 0 Å². The Morgan fingerprint density at radius 3 is 2.81 bits per heavy atom. The minimum atomic E-state index is -0.109. The number of fused-ring (bicyclic) bond motifs is 1. The third-order valence-electron chi connectivity index (χ3n) is 4.26. The molecule has 2 N–H and O–H groups in total. The SMILES string of the molecule is N[C@]1(c2ccccc2)CC[C@@H]2CCCN2C1. The molecule has 0 amide bonds. The first-order valence-corrected chi connectivity index (χ1v) is 6.36. The van der Waals surface area contributed by atoms with Gasteiger partial charge in [-0.1, -0.05) is 30.3 Å². The van der Waals surface area contributed by atoms with Gasteiger partial charge in [-0.3, -0.25) is 4.90 Å². The molecule has 1 aromatic rings. The number of hydrogen-bond acceptors (Lipinski definition) is 2. The largest absolute Gasteiger partial charge is 0.320 e. The maximum Gasteiger partial charge on any atom is 0.0539 e. The van der Waals surface area contributed by atoms with Crippen LogP contribution in [0.1, 0.15) is 31.2 Å². The quantitative estimate of drug-likeness (QED) is 0.779. The van der Waals surface area contributed by atoms with Crippen LogP contribution in [0.2, 0.25) is 0 Å². The van der Waals surface area contributed by atoms with Gasteiger partial charge in [-0.25, -0.2) is 0 Å². The van der Waals surface area contributed by atoms with Crippen molar-refractivity contribution < 1.29 is 0 Å². The number of nitrogens with zero attached hydrogens (tertiary/aromatic N) is 1. The molecule has 0 spiro atoms. The van der Waals surface area contributed by atoms with Crippen molar-refractivity contribution in [2.75, 3.05) is 13.1 Å². The summed E-state index contributed by atoms with van der Waals surface area (Å²) in [4.78, 5) is 2.59. The predicted molar refractivity (Wildman–Crippen MR) is 66.1 cm³/mol. The van der Waals surface area contributed by atoms with Crippen molar-refractivity contribution in [1.82, 2.24) is 4.90 Å². The minimum absolute atomic E-state index is 0.109. The fraction of sp³-hybridized carbons (Fsp3) is 0.571. The fourth-order valence-electron chi connectivity index (χ4n) is 3.30. The molecule has 0 aliphatic carbocycles. The Balaban J connectivity index is 1.84. The van der Waals surface area contributed by atoms with E-state index in [9.17, 15) is 0 Å². The lowest BCUT2D eigenvalue weighted by atomic mass is 9.81. The lowest BCUT2D eigenvalue weighted by molar-refractivity contribution is 0.124. The molecule has 3 rings (SSSR count). The van der Waals surface area contributed by atoms with Crippen molar-refractivity contribution in [3.63, 3.8) is 0 Å². The first-order chi connectivity index (χ1) is 7.78. The molecule has 2 heteroatoms. The second kappa shape index (κ2) is 3.86. The summed E-state index contributed by atoms with van der Waals surface area (Å²) in [5.41, 5.74) is 7.79. The van der Waals surface area contributed by atoms with Gasteiger partial charge in [0.2, 0.25) is 0 Å². The number of nitrogens with two attached hydrogens (primary N) is 1. The first-order valence-electron chi connectivity index (χ1n) is 6.36. The van der Waals surface area contributed by atoms with E-state index in [4.69, 9.17) is 5.73 Å². The van der Waals surface area contributed by atoms with Crippen LogP contribution in [-0.4, -0.2) is 24.0 Å². The summed E-state index contributed by atoms with van der Waals surface area (Å²) in [6, 6.07) is 11.4. The second-order valence-electron chi connectivity index (χ2n) is 5.33. The van der Waals surface area contributed by atoms with E-state index in [2.05, 4.69) is 35.2 Å². The number of piperidine rings is 1. The van der Waals surface area contributed by atoms with Gasteiger partial charge >= 0.3 is 0 Å². The maximum atomic E-state index is 6.59. The van der Waals surface area contributed by atoms with E-state index in [1.165, 1.54) is 31.4 Å². The zero-order chi connectivity index (χ0) is 11.0. The topological polar surface area (TPSA) is 29.3 Å². The van der Waals surface area contributed by atoms with E-state index in [0.717, 1.165) is 19.0 Å². The highest BCUT2D eigenvalue weighted by Crippen LogP contribution is 2.35. The van der Waals surface area contributed by atoms with Gasteiger partial charge in [-0.2, -0.15) is 0 Å². The van der Waals surface area contributed by atoms with Gasteiger partial charge in [-0.15, -0.1) is 0 Å². The Morgan fingerprint density at radius 1 is 1.19 bits per heavy atom. The van der Waals surface area contributed by atoms with Gasteiger partial charge in [0.15, 0.2) is 0 Å². The molecule has 86 valence electrons. The monoisotopic (exact) mass is 216 g/mol. The Morgan fingerprint density at radius 2 is 2.00 bits per heavy atom. The smallest absolute Gasteiger partial charge is 0.0539 e. The van der Waals surface area contributed by atoms with Crippen LogP contribution in [0, 0.1) is 0 Å². The van der Waals surface area contributed by atoms with Crippen molar-refractivity contribution >= 4 is 0 Å². The van der Waals surface area contributed by atoms with Crippen molar-refractivity contribution in [2.24, 2.45) is 5.73 Å². The van der Waals surface area contributed by atoms with E-state index in [1.807, 2.05) is 0 Å². The average molecular weight is 216 g/mol. The lowest BCUT2D eigenvalue weighted by Crippen LogP contribution is -2.53. The van der Waals surface area contributed by atoms with Crippen molar-refractivity contribution in [3.8, 4) is 0 Å². The average Bonchev–Trinajstić information content (AvgIpc) is 2.77. The molecule has 2 aliphatic heterocycles. The Hall–Kier alpha value is -0.860. The van der Waals surface area contributed by atoms with Crippen molar-refractivity contribution in [1.29, 1.82) is 0 Å². The van der Waals surface area contributed by atoms with Crippen LogP contribution >= 0.6 is 0 Å². The Bertz CT molecular complexity index is 362. The van der Waals surface area contributed by atoms with Crippen LogP contribution in [-0.2, 0) is 5.54 Å². The zero-order valence-corrected chi connectivity index (χ0v) is 9.73. The van der Waals surface area contributed by atoms with Crippen LogP contribution in [0.25, 0.3) is 0 Å². The summed E-state index contributed by atoms with van der Waals surface area (Å²) >= 11 is 0. The highest BCUT2D eigenvalue weighted by molar-refractivity contribution is 5.25. The molecule has 16 heavy (non-hydrogen) atoms. The third-order valence-corrected chi connectivity index (χ3v) is 4.26. The van der Waals surface area contributed by atoms with Crippen LogP contribution in [0.5, 0.6) is 0 Å². The Labute approximate surface area is 97.4 Å². The van der Waals surface area contributed by atoms with Crippen LogP contribution in [0.15, 0.2) is 30.3 Å². The van der Waals surface area contributed by atoms with Gasteiger partial charge in [0.05, 0.1) is 5.54 Å². The summed E-state index contributed by atoms with van der Waals surface area (Å²) < 4.78 is 0. The Kier molecular flexibility index (Phi) is 2.49. The summed E-state index contributed by atoms with van der Waals surface area (Å²) in [5.74, 6) is 0. The van der Waals surface area contributed by atoms with Crippen LogP contribution in [0.4, 0.5) is 0 Å². The minimum Gasteiger partial charge on any atom is -0.320 e. The fourth-order valence-corrected chi connectivity index (χ4v) is 3.30. The summed E-state index contributed by atoms with van der Waals surface area (Å²) in [6.45, 7) is 2.29. The molecule has 0 bridgehead atoms. The molecule has 2 nitrogen and oxygen atoms in total. The third kappa shape index (κ3) is 1.66. The molecule has 1 aromatic carbocycles. The normalized spacial score (nSPS) is 34.9. The van der Waals surface area contributed by atoms with Crippen LogP contribution in [0.3, 0.4) is 0 Å². The molecule has 2 saturated heterocycles. The summed E-state index contributed by atoms with van der Waals surface area (Å²) in [7, 11) is 0. The number of rotatable bonds is 1. The van der Waals surface area contributed by atoms with E-state index in [-0.39, 0.29) is 5.54 Å². The standard InChI is InChI=1S/C14H20N2/c15-14(12-5-2-1-3-6-12)9-8-13-7-4-10-16(13)11-14/h1-3,5-6,13H,4,7-11,15H2/t13-,14+/m0/s1. The molecule has 0 saturated carbocycles. The molecule has 2 fully saturated rings. The predicted octanol–water partition coefficient (Wildman–Crippen LogP) is 2.10. The van der Waals surface area contributed by atoms with Crippen molar-refractivity contribution in [2.45, 2.75) is 37.3 Å². The second-order valence-corrected chi connectivity index (χ2v) is 5.33. The van der Waals surface area contributed by atoms with Crippen LogP contribution < -0.4 is 5.73 Å². The van der Waals surface area contributed by atoms with E-state index >= 15 is 0 Å². The number of benzene rings is 1. The summed E-state index contributed by atoms with van der Waals surface area (Å²) in [5, 5.41) is 0. The van der Waals surface area contributed by atoms with Gasteiger partial charge in [-0.05, 0) is 37.8 Å². The van der Waals surface area contributed by atoms with Gasteiger partial charge < -0.3 is 5.73 Å². The van der Waals surface area contributed by atoms with E-state index < -0.39 is 0 Å². The molecule has 0 radical (unpaired) electrons. The lowest BCUT2D eigenvalue weighted by Gasteiger charge is -2.42. The molecule has 2 aliphatic rings. The van der Waals surface area contributed by atoms with Gasteiger partial charge in [0.25, 0.3) is 0 Å². The zero-order valence-electron chi connectivity index (χ0n) is 9.73. The highest BCUT2D eigenvalue weighted by atomic mass is 15.2. The first kappa shape index (κ1) is 10.3. The maximum absolute atomic E-state index is 6.59. The van der Waals surface area contributed by atoms with Crippen molar-refractivity contribution in [3.05, 3.63) is 35.9 Å². The molecule has 0 aromatic heterocycles. The molecule has 2 heterocycles. The molecular weight excluding hydrogens is 196 g/mol. The van der Waals surface area contributed by atoms with Gasteiger partial charge in [0.1, 0.15) is 0 Å². The summed E-state index contributed by atoms with van der Waals surface area (Å²) in [6.07, 6.45) is 5.14. The highest BCUT2D eigenvalue weighted by Gasteiger charge is 2.39. The number of hydrogen-bond donors (Lipinski definition) is 1. The van der Waals surface area contributed by atoms with E-state index in [0.29, 0.717) is 0 Å². The molecule has 0 unspecified atom stereocenters. The van der Waals surface area contributed by atoms with Gasteiger partial charge in [0, 0.05) is 12.6 Å². The molecule has 2 atom stereocenters. The molecular formula is C14H20N2.